The molecule has 7 rings (SSSR count). The van der Waals surface area contributed by atoms with Crippen LogP contribution in [0.25, 0.3) is 16.7 Å². The van der Waals surface area contributed by atoms with Crippen molar-refractivity contribution in [1.82, 2.24) is 0 Å². The molecule has 0 saturated heterocycles. The molecule has 0 atom stereocenters. The summed E-state index contributed by atoms with van der Waals surface area (Å²) in [4.78, 5) is 2.44. The zero-order valence-corrected chi connectivity index (χ0v) is 34.5. The van der Waals surface area contributed by atoms with Gasteiger partial charge in [-0.05, 0) is 0 Å². The van der Waals surface area contributed by atoms with Crippen LogP contribution in [0.2, 0.25) is 3.98 Å². The van der Waals surface area contributed by atoms with Crippen molar-refractivity contribution in [3.63, 3.8) is 0 Å². The van der Waals surface area contributed by atoms with Gasteiger partial charge in [-0.25, -0.2) is 0 Å². The zero-order valence-electron chi connectivity index (χ0n) is 25.0. The first-order valence-corrected chi connectivity index (χ1v) is 21.8. The van der Waals surface area contributed by atoms with E-state index in [1.807, 2.05) is 11.8 Å². The van der Waals surface area contributed by atoms with Gasteiger partial charge in [0.15, 0.2) is 0 Å². The van der Waals surface area contributed by atoms with E-state index in [1.165, 1.54) is 84.0 Å². The molecule has 1 heterocycles. The molecule has 0 amide bonds. The summed E-state index contributed by atoms with van der Waals surface area (Å²) >= 11 is 8.99. The van der Waals surface area contributed by atoms with Crippen molar-refractivity contribution >= 4 is 92.6 Å². The normalized spacial score (nSPS) is 20.9. The number of allylic oxidation sites excluding steroid dienone is 11. The molecule has 3 aliphatic carbocycles. The fourth-order valence-corrected chi connectivity index (χ4v) is 10.4. The van der Waals surface area contributed by atoms with Crippen LogP contribution < -0.4 is 0 Å². The van der Waals surface area contributed by atoms with E-state index in [2.05, 4.69) is 103 Å². The third kappa shape index (κ3) is 7.28. The number of benzene rings is 3. The quantitative estimate of drug-likeness (QED) is 0.133. The van der Waals surface area contributed by atoms with Crippen LogP contribution >= 0.6 is 24.4 Å². The zero-order chi connectivity index (χ0) is 30.0. The Labute approximate surface area is 304 Å². The van der Waals surface area contributed by atoms with Gasteiger partial charge in [0.2, 0.25) is 0 Å². The Morgan fingerprint density at radius 2 is 1.61 bits per heavy atom. The molecule has 0 aromatic heterocycles. The van der Waals surface area contributed by atoms with Crippen LogP contribution in [0.15, 0.2) is 127 Å². The Morgan fingerprint density at radius 3 is 2.34 bits per heavy atom. The molecule has 0 unspecified atom stereocenters. The van der Waals surface area contributed by atoms with Crippen LogP contribution in [-0.4, -0.2) is 51.5 Å². The van der Waals surface area contributed by atoms with E-state index in [4.69, 9.17) is 12.6 Å². The second kappa shape index (κ2) is 14.2. The first-order valence-electron chi connectivity index (χ1n) is 15.9. The van der Waals surface area contributed by atoms with Gasteiger partial charge in [0, 0.05) is 0 Å². The Hall–Kier alpha value is -1.36. The van der Waals surface area contributed by atoms with Gasteiger partial charge in [0.1, 0.15) is 0 Å². The van der Waals surface area contributed by atoms with Gasteiger partial charge in [0.25, 0.3) is 0 Å². The Morgan fingerprint density at radius 1 is 0.886 bits per heavy atom. The molecule has 0 N–H and O–H groups in total. The van der Waals surface area contributed by atoms with Crippen molar-refractivity contribution in [3.8, 4) is 0 Å². The first-order chi connectivity index (χ1) is 21.6. The number of thiol groups is 1. The second-order valence-corrected chi connectivity index (χ2v) is 19.0. The van der Waals surface area contributed by atoms with Gasteiger partial charge >= 0.3 is 308 Å². The number of hydrogen-bond donors (Lipinski definition) is 1. The summed E-state index contributed by atoms with van der Waals surface area (Å²) < 4.78 is 2.63. The number of thioether (sulfide) groups is 1. The molecule has 3 aromatic carbocycles. The summed E-state index contributed by atoms with van der Waals surface area (Å²) in [5.41, 5.74) is 14.3. The minimum absolute atomic E-state index is 0.758. The minimum atomic E-state index is 0.758. The van der Waals surface area contributed by atoms with Crippen molar-refractivity contribution in [2.75, 3.05) is 0 Å². The van der Waals surface area contributed by atoms with E-state index in [1.54, 1.807) is 11.1 Å². The van der Waals surface area contributed by atoms with E-state index >= 15 is 0 Å². The topological polar surface area (TPSA) is 0 Å². The Balaban J connectivity index is 1.36. The summed E-state index contributed by atoms with van der Waals surface area (Å²) in [5.74, 6) is 1.52. The molecule has 44 heavy (non-hydrogen) atoms. The standard InChI is InChI=1S/C40H36S2.2Pb/c1-2-27(36-10-3-5-12-38(36)41)14-20-31-8-7-9-32(21-19-30-22-23-42-39-13-6-4-11-37(30)39)40(31)35-25-33(28-15-16-28)24-34(26-35)29-17-18-29;;/h2-6,10-14,19-22,24-26,28-29,41H,1,7-9,15-18H2;;/b20-14+,27-2-,30-19+,32-21+;;. The maximum absolute atomic E-state index is 4.82. The Kier molecular flexibility index (Phi) is 10.1. The van der Waals surface area contributed by atoms with E-state index in [-0.39, 0.29) is 0 Å². The second-order valence-electron chi connectivity index (χ2n) is 12.3. The number of rotatable bonds is 8. The molecule has 2 fully saturated rings. The fraction of sp³-hybridized carbons (Fsp3) is 0.250. The average molecular weight is 995 g/mol. The summed E-state index contributed by atoms with van der Waals surface area (Å²) in [6.07, 6.45) is 23.3. The summed E-state index contributed by atoms with van der Waals surface area (Å²) in [6.45, 7) is 0. The van der Waals surface area contributed by atoms with Crippen LogP contribution in [0.5, 0.6) is 0 Å². The number of hydrogen-bond acceptors (Lipinski definition) is 2. The van der Waals surface area contributed by atoms with Crippen molar-refractivity contribution in [2.24, 2.45) is 0 Å². The van der Waals surface area contributed by atoms with Gasteiger partial charge in [-0.3, -0.25) is 0 Å². The maximum atomic E-state index is 4.82. The van der Waals surface area contributed by atoms with Crippen molar-refractivity contribution in [2.45, 2.75) is 70.6 Å². The molecule has 3 aromatic rings. The molecule has 4 heteroatoms. The van der Waals surface area contributed by atoms with E-state index in [9.17, 15) is 0 Å². The van der Waals surface area contributed by atoms with Crippen LogP contribution in [0.3, 0.4) is 0 Å². The van der Waals surface area contributed by atoms with Gasteiger partial charge in [0.05, 0.1) is 0 Å². The third-order valence-corrected chi connectivity index (χ3v) is 12.9. The van der Waals surface area contributed by atoms with E-state index < -0.39 is 0 Å². The average Bonchev–Trinajstić information content (AvgIpc) is 3.96. The molecule has 1 aliphatic heterocycles. The van der Waals surface area contributed by atoms with E-state index in [0.29, 0.717) is 0 Å². The van der Waals surface area contributed by atoms with Crippen molar-refractivity contribution in [3.05, 3.63) is 145 Å². The molecule has 6 radical (unpaired) electrons. The van der Waals surface area contributed by atoms with Crippen LogP contribution in [0.4, 0.5) is 0 Å². The van der Waals surface area contributed by atoms with Crippen LogP contribution in [-0.2, 0) is 0 Å². The third-order valence-electron chi connectivity index (χ3n) is 9.07. The predicted molar refractivity (Wildman–Crippen MR) is 195 cm³/mol. The summed E-state index contributed by atoms with van der Waals surface area (Å²) in [7, 11) is 0. The molecule has 0 bridgehead atoms. The van der Waals surface area contributed by atoms with Gasteiger partial charge in [-0.2, -0.15) is 0 Å². The van der Waals surface area contributed by atoms with E-state index in [0.717, 1.165) is 85.1 Å². The van der Waals surface area contributed by atoms with Crippen molar-refractivity contribution in [1.29, 1.82) is 0 Å². The number of fused-ring (bicyclic) bond motifs is 1. The molecule has 2 saturated carbocycles. The molecule has 216 valence electrons. The van der Waals surface area contributed by atoms with Crippen molar-refractivity contribution < 1.29 is 0 Å². The van der Waals surface area contributed by atoms with Gasteiger partial charge < -0.3 is 0 Å². The predicted octanol–water partition coefficient (Wildman–Crippen LogP) is 11.0. The van der Waals surface area contributed by atoms with Gasteiger partial charge in [-0.1, -0.05) is 0 Å². The molecule has 0 spiro atoms. The molecule has 0 nitrogen and oxygen atoms in total. The first kappa shape index (κ1) is 31.3. The SMILES string of the molecule is Sc1ccccc1C(=C\[CH2][Pb])/C=C/C1=C(c2cc(C3CC3)cc(C3CC3)c2)C(=C/C=C2\C=[C]([Pb])Sc3ccccc32)/CCC1. The molecular weight excluding hydrogens is 959 g/mol. The monoisotopic (exact) mass is 996 g/mol. The van der Waals surface area contributed by atoms with Crippen LogP contribution in [0, 0.1) is 0 Å². The molecular formula is C40H36Pb2S2. The Bertz CT molecular complexity index is 1750. The summed E-state index contributed by atoms with van der Waals surface area (Å²) in [6, 6.07) is 25.1. The fourth-order valence-electron chi connectivity index (χ4n) is 6.53. The summed E-state index contributed by atoms with van der Waals surface area (Å²) in [5, 5.41) is 0. The van der Waals surface area contributed by atoms with Crippen LogP contribution in [0.1, 0.15) is 84.6 Å². The molecule has 4 aliphatic rings. The van der Waals surface area contributed by atoms with Gasteiger partial charge in [-0.15, -0.1) is 0 Å².